The molecule has 1 aliphatic heterocycles. The number of carboxylic acids is 1. The molecule has 1 fully saturated rings. The number of benzene rings is 1. The molecule has 0 saturated carbocycles. The van der Waals surface area contributed by atoms with E-state index >= 15 is 0 Å². The third-order valence-corrected chi connectivity index (χ3v) is 4.09. The summed E-state index contributed by atoms with van der Waals surface area (Å²) >= 11 is 3.39. The topological polar surface area (TPSA) is 46.5 Å². The highest BCUT2D eigenvalue weighted by Gasteiger charge is 2.21. The Balaban J connectivity index is 1.90. The average Bonchev–Trinajstić information content (AvgIpc) is 2.87. The molecule has 2 unspecified atom stereocenters. The minimum Gasteiger partial charge on any atom is -0.481 e. The van der Waals surface area contributed by atoms with Crippen molar-refractivity contribution in [3.8, 4) is 0 Å². The quantitative estimate of drug-likeness (QED) is 0.860. The largest absolute Gasteiger partial charge is 0.481 e. The van der Waals surface area contributed by atoms with Crippen LogP contribution in [0.15, 0.2) is 28.7 Å². The van der Waals surface area contributed by atoms with E-state index in [1.54, 1.807) is 0 Å². The molecule has 0 aliphatic carbocycles. The summed E-state index contributed by atoms with van der Waals surface area (Å²) in [5, 5.41) is 9.36. The van der Waals surface area contributed by atoms with E-state index < -0.39 is 11.9 Å². The highest BCUT2D eigenvalue weighted by molar-refractivity contribution is 9.10. The molecule has 1 aromatic carbocycles. The van der Waals surface area contributed by atoms with E-state index in [4.69, 9.17) is 4.74 Å². The molecule has 0 spiro atoms. The van der Waals surface area contributed by atoms with Crippen molar-refractivity contribution in [1.29, 1.82) is 0 Å². The molecular weight excluding hydrogens is 308 g/mol. The first-order valence-corrected chi connectivity index (χ1v) is 7.56. The Hall–Kier alpha value is -0.870. The van der Waals surface area contributed by atoms with Crippen molar-refractivity contribution >= 4 is 21.9 Å². The Morgan fingerprint density at radius 3 is 3.00 bits per heavy atom. The maximum Gasteiger partial charge on any atom is 0.310 e. The first-order chi connectivity index (χ1) is 9.16. The van der Waals surface area contributed by atoms with Gasteiger partial charge in [-0.15, -0.1) is 0 Å². The molecule has 4 heteroatoms. The normalized spacial score (nSPS) is 20.4. The van der Waals surface area contributed by atoms with Crippen LogP contribution >= 0.6 is 15.9 Å². The van der Waals surface area contributed by atoms with Crippen LogP contribution in [-0.4, -0.2) is 23.8 Å². The summed E-state index contributed by atoms with van der Waals surface area (Å²) in [5.74, 6) is -1.16. The lowest BCUT2D eigenvalue weighted by Crippen LogP contribution is -2.13. The first-order valence-electron chi connectivity index (χ1n) is 6.76. The second-order valence-corrected chi connectivity index (χ2v) is 5.93. The minimum absolute atomic E-state index is 0.344. The Bertz CT molecular complexity index is 427. The van der Waals surface area contributed by atoms with Gasteiger partial charge in [-0.05, 0) is 49.8 Å². The zero-order valence-electron chi connectivity index (χ0n) is 10.8. The Morgan fingerprint density at radius 1 is 1.53 bits per heavy atom. The Morgan fingerprint density at radius 2 is 2.37 bits per heavy atom. The number of carboxylic acid groups (broad SMARTS) is 1. The number of aliphatic carboxylic acids is 1. The summed E-state index contributed by atoms with van der Waals surface area (Å²) in [6.07, 6.45) is 5.14. The molecule has 1 N–H and O–H groups in total. The van der Waals surface area contributed by atoms with Crippen molar-refractivity contribution in [3.63, 3.8) is 0 Å². The molecule has 1 aromatic rings. The van der Waals surface area contributed by atoms with E-state index in [1.807, 2.05) is 24.3 Å². The number of carbonyl (C=O) groups is 1. The van der Waals surface area contributed by atoms with Crippen LogP contribution in [0.3, 0.4) is 0 Å². The fraction of sp³-hybridized carbons (Fsp3) is 0.533. The number of hydrogen-bond donors (Lipinski definition) is 1. The van der Waals surface area contributed by atoms with Gasteiger partial charge in [-0.25, -0.2) is 0 Å². The molecule has 0 amide bonds. The molecule has 1 aliphatic rings. The van der Waals surface area contributed by atoms with Gasteiger partial charge in [0.2, 0.25) is 0 Å². The van der Waals surface area contributed by atoms with Crippen molar-refractivity contribution in [2.45, 2.75) is 44.1 Å². The van der Waals surface area contributed by atoms with Crippen LogP contribution < -0.4 is 0 Å². The third-order valence-electron chi connectivity index (χ3n) is 3.59. The molecule has 0 radical (unpaired) electrons. The molecule has 0 bridgehead atoms. The van der Waals surface area contributed by atoms with Gasteiger partial charge in [-0.1, -0.05) is 28.1 Å². The van der Waals surface area contributed by atoms with E-state index in [2.05, 4.69) is 15.9 Å². The van der Waals surface area contributed by atoms with Crippen LogP contribution in [0.1, 0.15) is 43.6 Å². The van der Waals surface area contributed by atoms with Crippen LogP contribution in [-0.2, 0) is 9.53 Å². The standard InChI is InChI=1S/C15H19BrO3/c16-12-5-1-4-11(10-12)14(15(17)18)8-2-6-13-7-3-9-19-13/h1,4-5,10,13-14H,2-3,6-9H2,(H,17,18). The van der Waals surface area contributed by atoms with Gasteiger partial charge in [-0.2, -0.15) is 0 Å². The number of hydrogen-bond acceptors (Lipinski definition) is 2. The molecule has 1 heterocycles. The van der Waals surface area contributed by atoms with Gasteiger partial charge >= 0.3 is 5.97 Å². The van der Waals surface area contributed by atoms with Crippen molar-refractivity contribution in [1.82, 2.24) is 0 Å². The molecule has 1 saturated heterocycles. The van der Waals surface area contributed by atoms with Crippen LogP contribution in [0.2, 0.25) is 0 Å². The fourth-order valence-electron chi connectivity index (χ4n) is 2.58. The minimum atomic E-state index is -0.745. The monoisotopic (exact) mass is 326 g/mol. The lowest BCUT2D eigenvalue weighted by Gasteiger charge is -2.14. The van der Waals surface area contributed by atoms with Crippen molar-refractivity contribution in [2.24, 2.45) is 0 Å². The molecule has 0 aromatic heterocycles. The average molecular weight is 327 g/mol. The highest BCUT2D eigenvalue weighted by Crippen LogP contribution is 2.27. The molecule has 2 atom stereocenters. The van der Waals surface area contributed by atoms with E-state index in [-0.39, 0.29) is 0 Å². The summed E-state index contributed by atoms with van der Waals surface area (Å²) in [4.78, 5) is 11.4. The van der Waals surface area contributed by atoms with Gasteiger partial charge in [0.15, 0.2) is 0 Å². The van der Waals surface area contributed by atoms with Crippen LogP contribution in [0, 0.1) is 0 Å². The molecule has 3 nitrogen and oxygen atoms in total. The summed E-state index contributed by atoms with van der Waals surface area (Å²) in [6.45, 7) is 0.860. The summed E-state index contributed by atoms with van der Waals surface area (Å²) in [5.41, 5.74) is 0.870. The summed E-state index contributed by atoms with van der Waals surface area (Å²) < 4.78 is 6.49. The van der Waals surface area contributed by atoms with Crippen molar-refractivity contribution in [2.75, 3.05) is 6.61 Å². The van der Waals surface area contributed by atoms with E-state index in [1.165, 1.54) is 0 Å². The maximum atomic E-state index is 11.4. The number of ether oxygens (including phenoxy) is 1. The number of rotatable bonds is 6. The predicted molar refractivity (Wildman–Crippen MR) is 77.3 cm³/mol. The van der Waals surface area contributed by atoms with E-state index in [0.717, 1.165) is 42.3 Å². The first kappa shape index (κ1) is 14.5. The van der Waals surface area contributed by atoms with E-state index in [9.17, 15) is 9.90 Å². The van der Waals surface area contributed by atoms with Gasteiger partial charge in [0, 0.05) is 11.1 Å². The molecule has 2 rings (SSSR count). The Kier molecular flexibility index (Phi) is 5.40. The second kappa shape index (κ2) is 7.06. The lowest BCUT2D eigenvalue weighted by molar-refractivity contribution is -0.139. The predicted octanol–water partition coefficient (Wildman–Crippen LogP) is 3.97. The smallest absolute Gasteiger partial charge is 0.310 e. The zero-order valence-corrected chi connectivity index (χ0v) is 12.4. The van der Waals surface area contributed by atoms with Gasteiger partial charge in [0.25, 0.3) is 0 Å². The van der Waals surface area contributed by atoms with Crippen LogP contribution in [0.5, 0.6) is 0 Å². The molecule has 19 heavy (non-hydrogen) atoms. The summed E-state index contributed by atoms with van der Waals surface area (Å²) in [6, 6.07) is 7.57. The van der Waals surface area contributed by atoms with Gasteiger partial charge in [-0.3, -0.25) is 4.79 Å². The SMILES string of the molecule is O=C(O)C(CCCC1CCCO1)c1cccc(Br)c1. The maximum absolute atomic E-state index is 11.4. The second-order valence-electron chi connectivity index (χ2n) is 5.01. The lowest BCUT2D eigenvalue weighted by atomic mass is 9.93. The van der Waals surface area contributed by atoms with Crippen LogP contribution in [0.25, 0.3) is 0 Å². The Labute approximate surface area is 122 Å². The fourth-order valence-corrected chi connectivity index (χ4v) is 2.99. The van der Waals surface area contributed by atoms with Gasteiger partial charge < -0.3 is 9.84 Å². The van der Waals surface area contributed by atoms with Crippen LogP contribution in [0.4, 0.5) is 0 Å². The highest BCUT2D eigenvalue weighted by atomic mass is 79.9. The van der Waals surface area contributed by atoms with Gasteiger partial charge in [0.1, 0.15) is 0 Å². The molecular formula is C15H19BrO3. The van der Waals surface area contributed by atoms with E-state index in [0.29, 0.717) is 12.5 Å². The van der Waals surface area contributed by atoms with Crippen molar-refractivity contribution < 1.29 is 14.6 Å². The van der Waals surface area contributed by atoms with Gasteiger partial charge in [0.05, 0.1) is 12.0 Å². The number of halogens is 1. The zero-order chi connectivity index (χ0) is 13.7. The van der Waals surface area contributed by atoms with Crippen molar-refractivity contribution in [3.05, 3.63) is 34.3 Å². The summed E-state index contributed by atoms with van der Waals surface area (Å²) in [7, 11) is 0. The third kappa shape index (κ3) is 4.32. The molecule has 104 valence electrons.